The molecule has 0 heterocycles. The Balaban J connectivity index is 2.44. The zero-order valence-electron chi connectivity index (χ0n) is 14.5. The van der Waals surface area contributed by atoms with Crippen molar-refractivity contribution in [1.29, 1.82) is 0 Å². The first kappa shape index (κ1) is 17.4. The lowest BCUT2D eigenvalue weighted by molar-refractivity contribution is -0.110. The van der Waals surface area contributed by atoms with Gasteiger partial charge in [-0.1, -0.05) is 91.9 Å². The molecule has 0 unspecified atom stereocenters. The van der Waals surface area contributed by atoms with Crippen LogP contribution in [-0.4, -0.2) is 14.4 Å². The SMILES string of the molecule is C/C(=C\[C@@H]([C@@H](C)C=O)[Si](C)(C)c1ccccc1)c1ccccc1. The van der Waals surface area contributed by atoms with Crippen molar-refractivity contribution in [3.63, 3.8) is 0 Å². The second-order valence-electron chi connectivity index (χ2n) is 6.82. The predicted octanol–water partition coefficient (Wildman–Crippen LogP) is 4.91. The number of allylic oxidation sites excluding steroid dienone is 2. The van der Waals surface area contributed by atoms with Crippen LogP contribution in [0.1, 0.15) is 19.4 Å². The highest BCUT2D eigenvalue weighted by atomic mass is 28.3. The van der Waals surface area contributed by atoms with E-state index in [0.29, 0.717) is 0 Å². The molecule has 0 aliphatic heterocycles. The Morgan fingerprint density at radius 1 is 0.957 bits per heavy atom. The third-order valence-electron chi connectivity index (χ3n) is 4.79. The minimum Gasteiger partial charge on any atom is -0.303 e. The molecule has 120 valence electrons. The summed E-state index contributed by atoms with van der Waals surface area (Å²) in [5.41, 5.74) is 2.76. The number of carbonyl (C=O) groups is 1. The highest BCUT2D eigenvalue weighted by molar-refractivity contribution is 6.91. The standard InChI is InChI=1S/C21H26OSi/c1-17(19-11-7-5-8-12-19)15-21(18(2)16-22)23(3,4)20-13-9-6-10-14-20/h5-16,18,21H,1-4H3/b17-15+/t18-,21-/m0/s1. The van der Waals surface area contributed by atoms with E-state index in [2.05, 4.69) is 80.7 Å². The third kappa shape index (κ3) is 4.08. The van der Waals surface area contributed by atoms with Gasteiger partial charge in [0.2, 0.25) is 0 Å². The molecule has 2 aromatic rings. The van der Waals surface area contributed by atoms with Crippen molar-refractivity contribution in [3.05, 3.63) is 72.3 Å². The molecule has 23 heavy (non-hydrogen) atoms. The predicted molar refractivity (Wildman–Crippen MR) is 103 cm³/mol. The van der Waals surface area contributed by atoms with Crippen molar-refractivity contribution in [3.8, 4) is 0 Å². The summed E-state index contributed by atoms with van der Waals surface area (Å²) in [6.07, 6.45) is 3.44. The van der Waals surface area contributed by atoms with E-state index < -0.39 is 8.07 Å². The molecule has 1 nitrogen and oxygen atoms in total. The molecule has 0 saturated heterocycles. The maximum atomic E-state index is 11.5. The summed E-state index contributed by atoms with van der Waals surface area (Å²) in [5.74, 6) is 0.0236. The van der Waals surface area contributed by atoms with E-state index in [9.17, 15) is 4.79 Å². The molecule has 0 aromatic heterocycles. The zero-order chi connectivity index (χ0) is 16.9. The van der Waals surface area contributed by atoms with Crippen molar-refractivity contribution in [2.45, 2.75) is 32.5 Å². The maximum absolute atomic E-state index is 11.5. The number of aldehydes is 1. The van der Waals surface area contributed by atoms with Crippen LogP contribution in [0.5, 0.6) is 0 Å². The van der Waals surface area contributed by atoms with Gasteiger partial charge < -0.3 is 4.79 Å². The first-order valence-electron chi connectivity index (χ1n) is 8.21. The van der Waals surface area contributed by atoms with Gasteiger partial charge in [-0.25, -0.2) is 0 Å². The Morgan fingerprint density at radius 2 is 1.48 bits per heavy atom. The molecule has 2 atom stereocenters. The molecule has 2 heteroatoms. The molecular formula is C21H26OSi. The number of carbonyl (C=O) groups excluding carboxylic acids is 1. The highest BCUT2D eigenvalue weighted by Crippen LogP contribution is 2.33. The zero-order valence-corrected chi connectivity index (χ0v) is 15.5. The second-order valence-corrected chi connectivity index (χ2v) is 11.5. The Morgan fingerprint density at radius 3 is 2.00 bits per heavy atom. The second kappa shape index (κ2) is 7.56. The Labute approximate surface area is 141 Å². The van der Waals surface area contributed by atoms with E-state index in [-0.39, 0.29) is 11.5 Å². The molecule has 0 bridgehead atoms. The lowest BCUT2D eigenvalue weighted by Crippen LogP contribution is -2.47. The van der Waals surface area contributed by atoms with Gasteiger partial charge in [0.15, 0.2) is 0 Å². The topological polar surface area (TPSA) is 17.1 Å². The summed E-state index contributed by atoms with van der Waals surface area (Å²) in [6, 6.07) is 21.1. The number of rotatable bonds is 6. The van der Waals surface area contributed by atoms with E-state index >= 15 is 0 Å². The molecule has 0 N–H and O–H groups in total. The molecule has 0 amide bonds. The Kier molecular flexibility index (Phi) is 5.73. The fourth-order valence-electron chi connectivity index (χ4n) is 3.23. The van der Waals surface area contributed by atoms with E-state index in [1.807, 2.05) is 13.0 Å². The van der Waals surface area contributed by atoms with Crippen LogP contribution < -0.4 is 5.19 Å². The number of benzene rings is 2. The molecule has 0 saturated carbocycles. The fourth-order valence-corrected chi connectivity index (χ4v) is 6.72. The van der Waals surface area contributed by atoms with Crippen LogP contribution in [0.3, 0.4) is 0 Å². The van der Waals surface area contributed by atoms with Crippen molar-refractivity contribution >= 4 is 25.1 Å². The van der Waals surface area contributed by atoms with Gasteiger partial charge in [-0.05, 0) is 23.6 Å². The van der Waals surface area contributed by atoms with Gasteiger partial charge in [0.25, 0.3) is 0 Å². The normalized spacial score (nSPS) is 15.0. The van der Waals surface area contributed by atoms with Crippen molar-refractivity contribution < 1.29 is 4.79 Å². The molecule has 0 aliphatic carbocycles. The monoisotopic (exact) mass is 322 g/mol. The van der Waals surface area contributed by atoms with E-state index in [1.165, 1.54) is 16.3 Å². The maximum Gasteiger partial charge on any atom is 0.123 e. The van der Waals surface area contributed by atoms with Crippen LogP contribution in [-0.2, 0) is 4.79 Å². The summed E-state index contributed by atoms with van der Waals surface area (Å²) in [4.78, 5) is 11.5. The van der Waals surface area contributed by atoms with Gasteiger partial charge in [0, 0.05) is 5.92 Å². The van der Waals surface area contributed by atoms with Gasteiger partial charge in [-0.3, -0.25) is 0 Å². The highest BCUT2D eigenvalue weighted by Gasteiger charge is 2.35. The summed E-state index contributed by atoms with van der Waals surface area (Å²) in [7, 11) is -1.80. The average Bonchev–Trinajstić information content (AvgIpc) is 2.60. The molecule has 0 aliphatic rings. The van der Waals surface area contributed by atoms with Gasteiger partial charge in [-0.2, -0.15) is 0 Å². The largest absolute Gasteiger partial charge is 0.303 e. The van der Waals surface area contributed by atoms with Crippen LogP contribution in [0.4, 0.5) is 0 Å². The van der Waals surface area contributed by atoms with Crippen LogP contribution in [0.15, 0.2) is 66.7 Å². The summed E-state index contributed by atoms with van der Waals surface area (Å²) >= 11 is 0. The van der Waals surface area contributed by atoms with E-state index in [4.69, 9.17) is 0 Å². The van der Waals surface area contributed by atoms with Gasteiger partial charge in [0.05, 0.1) is 8.07 Å². The van der Waals surface area contributed by atoms with Crippen LogP contribution in [0, 0.1) is 5.92 Å². The molecular weight excluding hydrogens is 296 g/mol. The van der Waals surface area contributed by atoms with E-state index in [0.717, 1.165) is 6.29 Å². The van der Waals surface area contributed by atoms with Gasteiger partial charge >= 0.3 is 0 Å². The smallest absolute Gasteiger partial charge is 0.123 e. The average molecular weight is 323 g/mol. The quantitative estimate of drug-likeness (QED) is 0.545. The molecule has 0 radical (unpaired) electrons. The number of hydrogen-bond donors (Lipinski definition) is 0. The molecule has 0 spiro atoms. The van der Waals surface area contributed by atoms with E-state index in [1.54, 1.807) is 0 Å². The molecule has 2 rings (SSSR count). The number of hydrogen-bond acceptors (Lipinski definition) is 1. The first-order valence-corrected chi connectivity index (χ1v) is 11.3. The summed E-state index contributed by atoms with van der Waals surface area (Å²) < 4.78 is 0. The minimum absolute atomic E-state index is 0.0236. The van der Waals surface area contributed by atoms with Crippen molar-refractivity contribution in [2.24, 2.45) is 5.92 Å². The third-order valence-corrected chi connectivity index (χ3v) is 8.97. The lowest BCUT2D eigenvalue weighted by atomic mass is 10.0. The molecule has 0 fully saturated rings. The Bertz CT molecular complexity index is 659. The minimum atomic E-state index is -1.80. The first-order chi connectivity index (χ1) is 11.0. The summed E-state index contributed by atoms with van der Waals surface area (Å²) in [5, 5.41) is 1.40. The van der Waals surface area contributed by atoms with Gasteiger partial charge in [-0.15, -0.1) is 0 Å². The van der Waals surface area contributed by atoms with Gasteiger partial charge in [0.1, 0.15) is 6.29 Å². The lowest BCUT2D eigenvalue weighted by Gasteiger charge is -2.34. The molecule has 2 aromatic carbocycles. The van der Waals surface area contributed by atoms with Crippen molar-refractivity contribution in [1.82, 2.24) is 0 Å². The van der Waals surface area contributed by atoms with Crippen molar-refractivity contribution in [2.75, 3.05) is 0 Å². The van der Waals surface area contributed by atoms with Crippen LogP contribution in [0.25, 0.3) is 5.57 Å². The summed E-state index contributed by atoms with van der Waals surface area (Å²) in [6.45, 7) is 8.92. The fraction of sp³-hybridized carbons (Fsp3) is 0.286. The van der Waals surface area contributed by atoms with Crippen LogP contribution >= 0.6 is 0 Å². The Hall–Kier alpha value is -1.93. The van der Waals surface area contributed by atoms with Crippen LogP contribution in [0.2, 0.25) is 18.6 Å².